The van der Waals surface area contributed by atoms with Gasteiger partial charge in [-0.15, -0.1) is 0 Å². The molecule has 0 saturated carbocycles. The molecule has 0 aliphatic carbocycles. The van der Waals surface area contributed by atoms with Crippen molar-refractivity contribution in [2.24, 2.45) is 0 Å². The second-order valence-corrected chi connectivity index (χ2v) is 6.14. The average Bonchev–Trinajstić information content (AvgIpc) is 2.56. The van der Waals surface area contributed by atoms with Crippen LogP contribution in [0.2, 0.25) is 5.02 Å². The molecular weight excluding hydrogens is 329 g/mol. The first-order chi connectivity index (χ1) is 11.5. The molecule has 2 aromatic heterocycles. The van der Waals surface area contributed by atoms with Crippen molar-refractivity contribution in [2.45, 2.75) is 6.54 Å². The van der Waals surface area contributed by atoms with Crippen molar-refractivity contribution in [1.29, 1.82) is 0 Å². The summed E-state index contributed by atoms with van der Waals surface area (Å²) in [6.45, 7) is 0.483. The molecule has 0 atom stereocenters. The number of aromatic nitrogens is 3. The van der Waals surface area contributed by atoms with Gasteiger partial charge in [0.1, 0.15) is 5.52 Å². The Bertz CT molecular complexity index is 867. The third-order valence-electron chi connectivity index (χ3n) is 3.70. The number of fused-ring (bicyclic) bond motifs is 1. The van der Waals surface area contributed by atoms with Crippen LogP contribution in [0.4, 0.5) is 16.0 Å². The lowest BCUT2D eigenvalue weighted by Crippen LogP contribution is -2.19. The van der Waals surface area contributed by atoms with Gasteiger partial charge in [-0.05, 0) is 18.2 Å². The van der Waals surface area contributed by atoms with Crippen molar-refractivity contribution in [1.82, 2.24) is 15.0 Å². The van der Waals surface area contributed by atoms with Crippen LogP contribution in [0.25, 0.3) is 10.9 Å². The van der Waals surface area contributed by atoms with Gasteiger partial charge < -0.3 is 9.80 Å². The number of rotatable bonds is 4. The van der Waals surface area contributed by atoms with Crippen LogP contribution >= 0.6 is 11.6 Å². The summed E-state index contributed by atoms with van der Waals surface area (Å²) < 4.78 is 14.8. The van der Waals surface area contributed by atoms with Gasteiger partial charge in [-0.1, -0.05) is 11.6 Å². The van der Waals surface area contributed by atoms with Crippen molar-refractivity contribution in [3.05, 3.63) is 53.2 Å². The minimum atomic E-state index is -0.386. The monoisotopic (exact) mass is 345 g/mol. The van der Waals surface area contributed by atoms with Crippen molar-refractivity contribution in [2.75, 3.05) is 30.9 Å². The summed E-state index contributed by atoms with van der Waals surface area (Å²) in [6, 6.07) is 5.14. The van der Waals surface area contributed by atoms with Gasteiger partial charge in [0.2, 0.25) is 5.95 Å². The van der Waals surface area contributed by atoms with Gasteiger partial charge in [0.25, 0.3) is 0 Å². The molecule has 0 spiro atoms. The Balaban J connectivity index is 1.88. The molecule has 1 aromatic carbocycles. The molecule has 7 heteroatoms. The zero-order valence-electron chi connectivity index (χ0n) is 13.7. The molecule has 0 saturated heterocycles. The van der Waals surface area contributed by atoms with Crippen LogP contribution in [0.5, 0.6) is 0 Å². The van der Waals surface area contributed by atoms with Gasteiger partial charge in [0.15, 0.2) is 5.82 Å². The first-order valence-corrected chi connectivity index (χ1v) is 7.77. The van der Waals surface area contributed by atoms with E-state index in [4.69, 9.17) is 11.6 Å². The summed E-state index contributed by atoms with van der Waals surface area (Å²) >= 11 is 6.09. The maximum absolute atomic E-state index is 14.8. The second kappa shape index (κ2) is 6.57. The quantitative estimate of drug-likeness (QED) is 0.724. The lowest BCUT2D eigenvalue weighted by Gasteiger charge is -2.20. The molecule has 124 valence electrons. The maximum Gasteiger partial charge on any atom is 0.224 e. The number of hydrogen-bond donors (Lipinski definition) is 0. The highest BCUT2D eigenvalue weighted by Crippen LogP contribution is 2.30. The van der Waals surface area contributed by atoms with Gasteiger partial charge in [0, 0.05) is 57.2 Å². The summed E-state index contributed by atoms with van der Waals surface area (Å²) in [5.74, 6) is 0.250. The van der Waals surface area contributed by atoms with E-state index in [2.05, 4.69) is 15.0 Å². The molecule has 0 aliphatic heterocycles. The lowest BCUT2D eigenvalue weighted by molar-refractivity contribution is 0.631. The highest BCUT2D eigenvalue weighted by molar-refractivity contribution is 6.35. The Morgan fingerprint density at radius 2 is 1.75 bits per heavy atom. The Hall–Kier alpha value is -2.47. The van der Waals surface area contributed by atoms with Crippen molar-refractivity contribution >= 4 is 34.1 Å². The largest absolute Gasteiger partial charge is 0.368 e. The van der Waals surface area contributed by atoms with Crippen LogP contribution in [-0.4, -0.2) is 36.1 Å². The van der Waals surface area contributed by atoms with Crippen LogP contribution in [0.3, 0.4) is 0 Å². The van der Waals surface area contributed by atoms with Gasteiger partial charge in [-0.25, -0.2) is 14.4 Å². The Morgan fingerprint density at radius 1 is 1.04 bits per heavy atom. The number of hydrogen-bond acceptors (Lipinski definition) is 5. The molecule has 0 amide bonds. The van der Waals surface area contributed by atoms with Gasteiger partial charge in [-0.2, -0.15) is 0 Å². The number of benzene rings is 1. The molecule has 0 radical (unpaired) electrons. The van der Waals surface area contributed by atoms with E-state index in [1.807, 2.05) is 26.0 Å². The summed E-state index contributed by atoms with van der Waals surface area (Å²) in [6.07, 6.45) is 4.99. The third-order valence-corrected chi connectivity index (χ3v) is 4.03. The summed E-state index contributed by atoms with van der Waals surface area (Å²) in [4.78, 5) is 16.3. The minimum absolute atomic E-state index is 0.269. The topological polar surface area (TPSA) is 45.2 Å². The van der Waals surface area contributed by atoms with E-state index in [1.54, 1.807) is 35.5 Å². The second-order valence-electron chi connectivity index (χ2n) is 5.73. The number of nitrogens with zero attached hydrogens (tertiary/aromatic N) is 5. The highest BCUT2D eigenvalue weighted by atomic mass is 35.5. The maximum atomic E-state index is 14.8. The van der Waals surface area contributed by atoms with Crippen LogP contribution in [0.1, 0.15) is 5.56 Å². The van der Waals surface area contributed by atoms with Gasteiger partial charge in [-0.3, -0.25) is 4.98 Å². The Kier molecular flexibility index (Phi) is 4.49. The number of halogens is 2. The van der Waals surface area contributed by atoms with Crippen LogP contribution < -0.4 is 9.80 Å². The van der Waals surface area contributed by atoms with Crippen LogP contribution in [-0.2, 0) is 6.54 Å². The zero-order valence-corrected chi connectivity index (χ0v) is 14.4. The Labute approximate surface area is 144 Å². The van der Waals surface area contributed by atoms with E-state index in [0.717, 1.165) is 5.56 Å². The van der Waals surface area contributed by atoms with E-state index < -0.39 is 0 Å². The van der Waals surface area contributed by atoms with E-state index in [1.165, 1.54) is 6.20 Å². The van der Waals surface area contributed by atoms with E-state index >= 15 is 0 Å². The molecule has 24 heavy (non-hydrogen) atoms. The van der Waals surface area contributed by atoms with Crippen molar-refractivity contribution in [3.8, 4) is 0 Å². The SMILES string of the molecule is CN(C)c1ncc(CN(C)c2ccc3c(Cl)ccnc3c2F)cn1. The molecule has 5 nitrogen and oxygen atoms in total. The predicted molar refractivity (Wildman–Crippen MR) is 95.2 cm³/mol. The smallest absolute Gasteiger partial charge is 0.224 e. The van der Waals surface area contributed by atoms with Crippen molar-refractivity contribution < 1.29 is 4.39 Å². The number of anilines is 2. The van der Waals surface area contributed by atoms with Gasteiger partial charge >= 0.3 is 0 Å². The first-order valence-electron chi connectivity index (χ1n) is 7.39. The molecule has 0 unspecified atom stereocenters. The van der Waals surface area contributed by atoms with Gasteiger partial charge in [0.05, 0.1) is 10.7 Å². The third kappa shape index (κ3) is 3.10. The molecule has 0 aliphatic rings. The molecule has 3 rings (SSSR count). The van der Waals surface area contributed by atoms with E-state index in [9.17, 15) is 4.39 Å². The zero-order chi connectivity index (χ0) is 17.3. The Morgan fingerprint density at radius 3 is 2.42 bits per heavy atom. The molecule has 3 aromatic rings. The fourth-order valence-electron chi connectivity index (χ4n) is 2.45. The molecule has 2 heterocycles. The average molecular weight is 346 g/mol. The summed E-state index contributed by atoms with van der Waals surface area (Å²) in [5, 5.41) is 1.09. The molecule has 0 fully saturated rings. The van der Waals surface area contributed by atoms with Crippen LogP contribution in [0.15, 0.2) is 36.8 Å². The van der Waals surface area contributed by atoms with Crippen LogP contribution in [0, 0.1) is 5.82 Å². The normalized spacial score (nSPS) is 10.9. The van der Waals surface area contributed by atoms with Crippen molar-refractivity contribution in [3.63, 3.8) is 0 Å². The predicted octanol–water partition coefficient (Wildman–Crippen LogP) is 3.52. The number of pyridine rings is 1. The summed E-state index contributed by atoms with van der Waals surface area (Å²) in [7, 11) is 5.57. The lowest BCUT2D eigenvalue weighted by atomic mass is 10.1. The molecule has 0 N–H and O–H groups in total. The standard InChI is InChI=1S/C17H17ClFN5/c1-23(2)17-21-8-11(9-22-17)10-24(3)14-5-4-12-13(18)6-7-20-16(12)15(14)19/h4-9H,10H2,1-3H3. The molecular formula is C17H17ClFN5. The molecule has 0 bridgehead atoms. The minimum Gasteiger partial charge on any atom is -0.368 e. The first kappa shape index (κ1) is 16.4. The fourth-order valence-corrected chi connectivity index (χ4v) is 2.66. The van der Waals surface area contributed by atoms with E-state index in [0.29, 0.717) is 28.6 Å². The summed E-state index contributed by atoms with van der Waals surface area (Å²) in [5.41, 5.74) is 1.61. The highest BCUT2D eigenvalue weighted by Gasteiger charge is 2.14. The van der Waals surface area contributed by atoms with E-state index in [-0.39, 0.29) is 11.3 Å². The fraction of sp³-hybridized carbons (Fsp3) is 0.235.